The number of likely N-dealkylation sites (tertiary alicyclic amines) is 1. The van der Waals surface area contributed by atoms with Crippen molar-refractivity contribution in [3.05, 3.63) is 17.5 Å². The summed E-state index contributed by atoms with van der Waals surface area (Å²) in [6.07, 6.45) is 1.61. The molecule has 2 rings (SSSR count). The average Bonchev–Trinajstić information content (AvgIpc) is 2.68. The van der Waals surface area contributed by atoms with Gasteiger partial charge in [-0.2, -0.15) is 5.10 Å². The largest absolute Gasteiger partial charge is 0.369 e. The monoisotopic (exact) mass is 264 g/mol. The third kappa shape index (κ3) is 3.13. The van der Waals surface area contributed by atoms with Crippen LogP contribution in [-0.2, 0) is 16.1 Å². The van der Waals surface area contributed by atoms with Crippen LogP contribution in [0, 0.1) is 19.8 Å². The second kappa shape index (κ2) is 5.42. The van der Waals surface area contributed by atoms with E-state index < -0.39 is 0 Å². The third-order valence-corrected chi connectivity index (χ3v) is 3.56. The van der Waals surface area contributed by atoms with Crippen LogP contribution in [0.3, 0.4) is 0 Å². The Morgan fingerprint density at radius 3 is 2.79 bits per heavy atom. The van der Waals surface area contributed by atoms with Crippen LogP contribution >= 0.6 is 0 Å². The molecular formula is C13H20N4O2. The number of primary amides is 1. The lowest BCUT2D eigenvalue weighted by molar-refractivity contribution is -0.135. The Hall–Kier alpha value is -1.85. The minimum atomic E-state index is -0.316. The molecule has 19 heavy (non-hydrogen) atoms. The lowest BCUT2D eigenvalue weighted by Gasteiger charge is -2.31. The summed E-state index contributed by atoms with van der Waals surface area (Å²) >= 11 is 0. The molecule has 1 aliphatic heterocycles. The fourth-order valence-corrected chi connectivity index (χ4v) is 2.50. The van der Waals surface area contributed by atoms with E-state index in [2.05, 4.69) is 5.10 Å². The van der Waals surface area contributed by atoms with Crippen LogP contribution in [0.2, 0.25) is 0 Å². The van der Waals surface area contributed by atoms with Gasteiger partial charge in [0.1, 0.15) is 6.54 Å². The Labute approximate surface area is 112 Å². The molecule has 2 heterocycles. The van der Waals surface area contributed by atoms with Crippen molar-refractivity contribution in [2.75, 3.05) is 13.1 Å². The summed E-state index contributed by atoms with van der Waals surface area (Å²) in [6, 6.07) is 1.94. The van der Waals surface area contributed by atoms with Gasteiger partial charge >= 0.3 is 0 Å². The first-order chi connectivity index (χ1) is 8.97. The molecule has 1 atom stereocenters. The SMILES string of the molecule is Cc1cc(C)n(CC(=O)N2CCC[C@@H](C(N)=O)C2)n1. The predicted octanol–water partition coefficient (Wildman–Crippen LogP) is 0.224. The first kappa shape index (κ1) is 13.6. The zero-order valence-corrected chi connectivity index (χ0v) is 11.4. The van der Waals surface area contributed by atoms with Crippen molar-refractivity contribution in [2.24, 2.45) is 11.7 Å². The van der Waals surface area contributed by atoms with E-state index in [0.29, 0.717) is 13.1 Å². The number of amides is 2. The Balaban J connectivity index is 2.00. The van der Waals surface area contributed by atoms with Gasteiger partial charge in [-0.25, -0.2) is 0 Å². The zero-order valence-electron chi connectivity index (χ0n) is 11.4. The van der Waals surface area contributed by atoms with E-state index in [4.69, 9.17) is 5.73 Å². The minimum Gasteiger partial charge on any atom is -0.369 e. The van der Waals surface area contributed by atoms with Gasteiger partial charge in [0.2, 0.25) is 11.8 Å². The number of carbonyl (C=O) groups excluding carboxylic acids is 2. The number of nitrogens with zero attached hydrogens (tertiary/aromatic N) is 3. The number of piperidine rings is 1. The molecule has 104 valence electrons. The molecule has 2 N–H and O–H groups in total. The Morgan fingerprint density at radius 1 is 1.47 bits per heavy atom. The van der Waals surface area contributed by atoms with Crippen LogP contribution in [0.15, 0.2) is 6.07 Å². The quantitative estimate of drug-likeness (QED) is 0.848. The maximum atomic E-state index is 12.2. The average molecular weight is 264 g/mol. The van der Waals surface area contributed by atoms with Gasteiger partial charge in [-0.3, -0.25) is 14.3 Å². The molecule has 1 aromatic rings. The van der Waals surface area contributed by atoms with Crippen molar-refractivity contribution in [1.29, 1.82) is 0 Å². The molecular weight excluding hydrogens is 244 g/mol. The molecule has 6 nitrogen and oxygen atoms in total. The van der Waals surface area contributed by atoms with Crippen LogP contribution in [-0.4, -0.2) is 39.6 Å². The van der Waals surface area contributed by atoms with Crippen molar-refractivity contribution >= 4 is 11.8 Å². The van der Waals surface area contributed by atoms with Gasteiger partial charge in [-0.05, 0) is 32.8 Å². The maximum absolute atomic E-state index is 12.2. The molecule has 1 aromatic heterocycles. The van der Waals surface area contributed by atoms with Crippen molar-refractivity contribution in [3.63, 3.8) is 0 Å². The topological polar surface area (TPSA) is 81.2 Å². The molecule has 0 unspecified atom stereocenters. The summed E-state index contributed by atoms with van der Waals surface area (Å²) in [5.41, 5.74) is 7.18. The van der Waals surface area contributed by atoms with Crippen LogP contribution in [0.25, 0.3) is 0 Å². The summed E-state index contributed by atoms with van der Waals surface area (Å²) in [4.78, 5) is 25.1. The van der Waals surface area contributed by atoms with Crippen molar-refractivity contribution < 1.29 is 9.59 Å². The molecule has 0 radical (unpaired) electrons. The normalized spacial score (nSPS) is 19.5. The number of aromatic nitrogens is 2. The number of hydrogen-bond donors (Lipinski definition) is 1. The zero-order chi connectivity index (χ0) is 14.0. The molecule has 0 spiro atoms. The second-order valence-electron chi connectivity index (χ2n) is 5.17. The minimum absolute atomic E-state index is 0.00264. The second-order valence-corrected chi connectivity index (χ2v) is 5.17. The lowest BCUT2D eigenvalue weighted by Crippen LogP contribution is -2.45. The van der Waals surface area contributed by atoms with Gasteiger partial charge in [0.15, 0.2) is 0 Å². The molecule has 1 fully saturated rings. The number of rotatable bonds is 3. The Kier molecular flexibility index (Phi) is 3.87. The number of carbonyl (C=O) groups is 2. The molecule has 1 saturated heterocycles. The van der Waals surface area contributed by atoms with E-state index in [9.17, 15) is 9.59 Å². The van der Waals surface area contributed by atoms with Gasteiger partial charge in [0, 0.05) is 18.8 Å². The van der Waals surface area contributed by atoms with Gasteiger partial charge in [0.25, 0.3) is 0 Å². The third-order valence-electron chi connectivity index (χ3n) is 3.56. The number of aryl methyl sites for hydroxylation is 2. The first-order valence-corrected chi connectivity index (χ1v) is 6.55. The number of nitrogens with two attached hydrogens (primary N) is 1. The fraction of sp³-hybridized carbons (Fsp3) is 0.615. The summed E-state index contributed by atoms with van der Waals surface area (Å²) < 4.78 is 1.70. The van der Waals surface area contributed by atoms with E-state index in [1.54, 1.807) is 9.58 Å². The van der Waals surface area contributed by atoms with E-state index in [1.165, 1.54) is 0 Å². The molecule has 6 heteroatoms. The van der Waals surface area contributed by atoms with Crippen LogP contribution in [0.1, 0.15) is 24.2 Å². The summed E-state index contributed by atoms with van der Waals surface area (Å²) in [7, 11) is 0. The van der Waals surface area contributed by atoms with Gasteiger partial charge in [-0.15, -0.1) is 0 Å². The molecule has 0 aromatic carbocycles. The Bertz CT molecular complexity index is 495. The highest BCUT2D eigenvalue weighted by Crippen LogP contribution is 2.16. The predicted molar refractivity (Wildman–Crippen MR) is 70.2 cm³/mol. The van der Waals surface area contributed by atoms with Gasteiger partial charge < -0.3 is 10.6 Å². The maximum Gasteiger partial charge on any atom is 0.244 e. The van der Waals surface area contributed by atoms with E-state index in [0.717, 1.165) is 24.2 Å². The lowest BCUT2D eigenvalue weighted by atomic mass is 9.97. The first-order valence-electron chi connectivity index (χ1n) is 6.55. The van der Waals surface area contributed by atoms with Crippen molar-refractivity contribution in [1.82, 2.24) is 14.7 Å². The number of hydrogen-bond acceptors (Lipinski definition) is 3. The summed E-state index contributed by atoms with van der Waals surface area (Å²) in [5, 5.41) is 4.28. The molecule has 0 aliphatic carbocycles. The fourth-order valence-electron chi connectivity index (χ4n) is 2.50. The van der Waals surface area contributed by atoms with Gasteiger partial charge in [0.05, 0.1) is 11.6 Å². The highest BCUT2D eigenvalue weighted by atomic mass is 16.2. The molecule has 0 saturated carbocycles. The Morgan fingerprint density at radius 2 is 2.21 bits per heavy atom. The van der Waals surface area contributed by atoms with Gasteiger partial charge in [-0.1, -0.05) is 0 Å². The van der Waals surface area contributed by atoms with E-state index in [1.807, 2.05) is 19.9 Å². The van der Waals surface area contributed by atoms with Crippen molar-refractivity contribution in [3.8, 4) is 0 Å². The van der Waals surface area contributed by atoms with Crippen molar-refractivity contribution in [2.45, 2.75) is 33.2 Å². The van der Waals surface area contributed by atoms with E-state index in [-0.39, 0.29) is 24.3 Å². The highest BCUT2D eigenvalue weighted by Gasteiger charge is 2.27. The van der Waals surface area contributed by atoms with Crippen LogP contribution in [0.5, 0.6) is 0 Å². The summed E-state index contributed by atoms with van der Waals surface area (Å²) in [6.45, 7) is 5.19. The molecule has 1 aliphatic rings. The van der Waals surface area contributed by atoms with E-state index >= 15 is 0 Å². The highest BCUT2D eigenvalue weighted by molar-refractivity contribution is 5.80. The summed E-state index contributed by atoms with van der Waals surface area (Å²) in [5.74, 6) is -0.529. The van der Waals surface area contributed by atoms with Crippen LogP contribution in [0.4, 0.5) is 0 Å². The molecule has 2 amide bonds. The standard InChI is InChI=1S/C13H20N4O2/c1-9-6-10(2)17(15-9)8-12(18)16-5-3-4-11(7-16)13(14)19/h6,11H,3-5,7-8H2,1-2H3,(H2,14,19)/t11-/m1/s1. The van der Waals surface area contributed by atoms with Crippen LogP contribution < -0.4 is 5.73 Å². The smallest absolute Gasteiger partial charge is 0.244 e. The molecule has 0 bridgehead atoms.